The van der Waals surface area contributed by atoms with E-state index in [0.717, 1.165) is 5.69 Å². The van der Waals surface area contributed by atoms with Gasteiger partial charge in [0.25, 0.3) is 0 Å². The van der Waals surface area contributed by atoms with E-state index in [0.29, 0.717) is 22.6 Å². The first kappa shape index (κ1) is 13.5. The third kappa shape index (κ3) is 2.84. The zero-order chi connectivity index (χ0) is 14.8. The fourth-order valence-corrected chi connectivity index (χ4v) is 2.22. The molecule has 1 heterocycles. The van der Waals surface area contributed by atoms with Gasteiger partial charge in [-0.05, 0) is 41.8 Å². The van der Waals surface area contributed by atoms with Gasteiger partial charge in [0.15, 0.2) is 0 Å². The standard InChI is InChI=1S/C17H16FN3/c1-11(2)12-3-6-14(7-4-12)21-17-15-9-13(18)5-8-16(15)19-10-20-17/h3-11H,1-2H3,(H,19,20,21). The smallest absolute Gasteiger partial charge is 0.141 e. The molecule has 1 aromatic heterocycles. The van der Waals surface area contributed by atoms with Gasteiger partial charge < -0.3 is 5.32 Å². The highest BCUT2D eigenvalue weighted by Crippen LogP contribution is 2.24. The summed E-state index contributed by atoms with van der Waals surface area (Å²) < 4.78 is 13.4. The van der Waals surface area contributed by atoms with Crippen molar-refractivity contribution < 1.29 is 4.39 Å². The van der Waals surface area contributed by atoms with E-state index >= 15 is 0 Å². The fourth-order valence-electron chi connectivity index (χ4n) is 2.22. The first-order chi connectivity index (χ1) is 10.1. The molecule has 0 amide bonds. The normalized spacial score (nSPS) is 11.0. The number of fused-ring (bicyclic) bond motifs is 1. The number of aromatic nitrogens is 2. The van der Waals surface area contributed by atoms with E-state index in [-0.39, 0.29) is 5.82 Å². The molecular formula is C17H16FN3. The molecule has 0 aliphatic carbocycles. The third-order valence-corrected chi connectivity index (χ3v) is 3.44. The molecule has 0 spiro atoms. The molecule has 4 heteroatoms. The van der Waals surface area contributed by atoms with Gasteiger partial charge in [-0.1, -0.05) is 26.0 Å². The van der Waals surface area contributed by atoms with Crippen LogP contribution in [0.1, 0.15) is 25.3 Å². The van der Waals surface area contributed by atoms with Crippen LogP contribution in [0.4, 0.5) is 15.9 Å². The molecule has 106 valence electrons. The van der Waals surface area contributed by atoms with Crippen LogP contribution >= 0.6 is 0 Å². The summed E-state index contributed by atoms with van der Waals surface area (Å²) in [6.07, 6.45) is 1.48. The van der Waals surface area contributed by atoms with Crippen LogP contribution in [0.2, 0.25) is 0 Å². The van der Waals surface area contributed by atoms with Crippen LogP contribution < -0.4 is 5.32 Å². The highest BCUT2D eigenvalue weighted by atomic mass is 19.1. The molecule has 0 saturated heterocycles. The summed E-state index contributed by atoms with van der Waals surface area (Å²) in [5, 5.41) is 3.89. The average Bonchev–Trinajstić information content (AvgIpc) is 2.48. The van der Waals surface area contributed by atoms with Crippen LogP contribution in [0.3, 0.4) is 0 Å². The van der Waals surface area contributed by atoms with Crippen molar-refractivity contribution in [1.29, 1.82) is 0 Å². The van der Waals surface area contributed by atoms with Gasteiger partial charge in [-0.25, -0.2) is 14.4 Å². The Bertz CT molecular complexity index is 767. The van der Waals surface area contributed by atoms with Gasteiger partial charge in [-0.3, -0.25) is 0 Å². The van der Waals surface area contributed by atoms with Crippen LogP contribution in [0, 0.1) is 5.82 Å². The van der Waals surface area contributed by atoms with Crippen molar-refractivity contribution in [1.82, 2.24) is 9.97 Å². The number of halogens is 1. The minimum Gasteiger partial charge on any atom is -0.340 e. The Hall–Kier alpha value is -2.49. The lowest BCUT2D eigenvalue weighted by molar-refractivity contribution is 0.629. The van der Waals surface area contributed by atoms with E-state index in [1.807, 2.05) is 12.1 Å². The molecule has 0 radical (unpaired) electrons. The van der Waals surface area contributed by atoms with E-state index in [9.17, 15) is 4.39 Å². The molecule has 0 atom stereocenters. The van der Waals surface area contributed by atoms with Crippen LogP contribution in [0.25, 0.3) is 10.9 Å². The number of rotatable bonds is 3. The highest BCUT2D eigenvalue weighted by Gasteiger charge is 2.06. The van der Waals surface area contributed by atoms with Crippen molar-refractivity contribution in [3.8, 4) is 0 Å². The molecule has 1 N–H and O–H groups in total. The van der Waals surface area contributed by atoms with E-state index in [4.69, 9.17) is 0 Å². The van der Waals surface area contributed by atoms with Crippen molar-refractivity contribution in [3.05, 3.63) is 60.2 Å². The summed E-state index contributed by atoms with van der Waals surface area (Å²) in [6.45, 7) is 4.31. The number of anilines is 2. The van der Waals surface area contributed by atoms with Gasteiger partial charge in [-0.2, -0.15) is 0 Å². The van der Waals surface area contributed by atoms with Crippen LogP contribution in [0.5, 0.6) is 0 Å². The van der Waals surface area contributed by atoms with E-state index in [1.165, 1.54) is 24.0 Å². The first-order valence-corrected chi connectivity index (χ1v) is 6.91. The van der Waals surface area contributed by atoms with E-state index in [2.05, 4.69) is 41.3 Å². The first-order valence-electron chi connectivity index (χ1n) is 6.91. The Kier molecular flexibility index (Phi) is 3.52. The Morgan fingerprint density at radius 2 is 1.76 bits per heavy atom. The lowest BCUT2D eigenvalue weighted by Gasteiger charge is -2.10. The van der Waals surface area contributed by atoms with Crippen molar-refractivity contribution in [2.45, 2.75) is 19.8 Å². The van der Waals surface area contributed by atoms with Crippen LogP contribution in [-0.2, 0) is 0 Å². The molecule has 21 heavy (non-hydrogen) atoms. The SMILES string of the molecule is CC(C)c1ccc(Nc2ncnc3ccc(F)cc23)cc1. The molecule has 0 unspecified atom stereocenters. The van der Waals surface area contributed by atoms with E-state index < -0.39 is 0 Å². The van der Waals surface area contributed by atoms with Crippen LogP contribution in [-0.4, -0.2) is 9.97 Å². The minimum absolute atomic E-state index is 0.296. The van der Waals surface area contributed by atoms with Crippen molar-refractivity contribution >= 4 is 22.4 Å². The number of hydrogen-bond acceptors (Lipinski definition) is 3. The quantitative estimate of drug-likeness (QED) is 0.760. The fraction of sp³-hybridized carbons (Fsp3) is 0.176. The molecule has 2 aromatic carbocycles. The van der Waals surface area contributed by atoms with Gasteiger partial charge in [0, 0.05) is 11.1 Å². The summed E-state index contributed by atoms with van der Waals surface area (Å²) >= 11 is 0. The Balaban J connectivity index is 1.96. The minimum atomic E-state index is -0.296. The molecule has 3 aromatic rings. The molecule has 0 bridgehead atoms. The number of hydrogen-bond donors (Lipinski definition) is 1. The van der Waals surface area contributed by atoms with Gasteiger partial charge in [0.05, 0.1) is 5.52 Å². The van der Waals surface area contributed by atoms with Crippen molar-refractivity contribution in [3.63, 3.8) is 0 Å². The maximum atomic E-state index is 13.4. The maximum Gasteiger partial charge on any atom is 0.141 e. The second-order valence-electron chi connectivity index (χ2n) is 5.29. The van der Waals surface area contributed by atoms with Gasteiger partial charge in [-0.15, -0.1) is 0 Å². The number of benzene rings is 2. The lowest BCUT2D eigenvalue weighted by atomic mass is 10.0. The topological polar surface area (TPSA) is 37.8 Å². The Morgan fingerprint density at radius 1 is 1.00 bits per heavy atom. The second-order valence-corrected chi connectivity index (χ2v) is 5.29. The summed E-state index contributed by atoms with van der Waals surface area (Å²) in [4.78, 5) is 8.36. The Labute approximate surface area is 122 Å². The number of nitrogens with one attached hydrogen (secondary N) is 1. The highest BCUT2D eigenvalue weighted by molar-refractivity contribution is 5.90. The largest absolute Gasteiger partial charge is 0.340 e. The zero-order valence-electron chi connectivity index (χ0n) is 12.0. The molecule has 0 fully saturated rings. The van der Waals surface area contributed by atoms with E-state index in [1.54, 1.807) is 6.07 Å². The van der Waals surface area contributed by atoms with Gasteiger partial charge >= 0.3 is 0 Å². The average molecular weight is 281 g/mol. The second kappa shape index (κ2) is 5.48. The third-order valence-electron chi connectivity index (χ3n) is 3.44. The predicted octanol–water partition coefficient (Wildman–Crippen LogP) is 4.64. The summed E-state index contributed by atoms with van der Waals surface area (Å²) in [6, 6.07) is 12.7. The molecule has 3 rings (SSSR count). The number of nitrogens with zero attached hydrogens (tertiary/aromatic N) is 2. The molecule has 0 saturated carbocycles. The van der Waals surface area contributed by atoms with Crippen LogP contribution in [0.15, 0.2) is 48.8 Å². The van der Waals surface area contributed by atoms with Gasteiger partial charge in [0.1, 0.15) is 18.0 Å². The van der Waals surface area contributed by atoms with Crippen molar-refractivity contribution in [2.24, 2.45) is 0 Å². The maximum absolute atomic E-state index is 13.4. The molecule has 3 nitrogen and oxygen atoms in total. The van der Waals surface area contributed by atoms with Gasteiger partial charge in [0.2, 0.25) is 0 Å². The monoisotopic (exact) mass is 281 g/mol. The molecule has 0 aliphatic heterocycles. The lowest BCUT2D eigenvalue weighted by Crippen LogP contribution is -1.97. The zero-order valence-corrected chi connectivity index (χ0v) is 12.0. The molecule has 0 aliphatic rings. The molecular weight excluding hydrogens is 265 g/mol. The van der Waals surface area contributed by atoms with Crippen molar-refractivity contribution in [2.75, 3.05) is 5.32 Å². The summed E-state index contributed by atoms with van der Waals surface area (Å²) in [5.74, 6) is 0.806. The Morgan fingerprint density at radius 3 is 2.48 bits per heavy atom. The predicted molar refractivity (Wildman–Crippen MR) is 83.3 cm³/mol. The summed E-state index contributed by atoms with van der Waals surface area (Å²) in [5.41, 5.74) is 2.91. The summed E-state index contributed by atoms with van der Waals surface area (Å²) in [7, 11) is 0.